The van der Waals surface area contributed by atoms with Crippen molar-refractivity contribution in [2.75, 3.05) is 13.1 Å². The van der Waals surface area contributed by atoms with Crippen LogP contribution < -0.4 is 5.73 Å². The van der Waals surface area contributed by atoms with Gasteiger partial charge in [0.05, 0.1) is 11.6 Å². The molecule has 0 spiro atoms. The molecule has 1 aliphatic heterocycles. The van der Waals surface area contributed by atoms with E-state index in [1.165, 1.54) is 12.1 Å². The Bertz CT molecular complexity index is 836. The van der Waals surface area contributed by atoms with Crippen LogP contribution in [0.4, 0.5) is 13.2 Å². The van der Waals surface area contributed by atoms with E-state index >= 15 is 0 Å². The Morgan fingerprint density at radius 2 is 2.00 bits per heavy atom. The number of rotatable bonds is 2. The molecule has 1 saturated heterocycles. The smallest absolute Gasteiger partial charge is 0.358 e. The first-order valence-corrected chi connectivity index (χ1v) is 9.09. The van der Waals surface area contributed by atoms with E-state index in [2.05, 4.69) is 4.98 Å². The van der Waals surface area contributed by atoms with E-state index in [1.54, 1.807) is 0 Å². The van der Waals surface area contributed by atoms with Gasteiger partial charge in [-0.1, -0.05) is 0 Å². The Hall–Kier alpha value is -2.02. The van der Waals surface area contributed by atoms with Gasteiger partial charge in [-0.05, 0) is 61.8 Å². The van der Waals surface area contributed by atoms with Crippen molar-refractivity contribution in [2.45, 2.75) is 44.3 Å². The van der Waals surface area contributed by atoms with E-state index in [1.807, 2.05) is 4.90 Å². The van der Waals surface area contributed by atoms with Crippen LogP contribution in [0.2, 0.25) is 0 Å². The first kappa shape index (κ1) is 17.4. The molecule has 1 aromatic carbocycles. The highest BCUT2D eigenvalue weighted by Crippen LogP contribution is 2.37. The van der Waals surface area contributed by atoms with Crippen molar-refractivity contribution in [1.82, 2.24) is 9.88 Å². The van der Waals surface area contributed by atoms with E-state index in [4.69, 9.17) is 5.73 Å². The Balaban J connectivity index is 1.61. The molecule has 2 aliphatic rings. The average Bonchev–Trinajstić information content (AvgIpc) is 3.26. The standard InChI is InChI=1S/C19H22F3N3O/c20-19(21,22)12-4-6-16-14(10-12)13-9-11(3-5-15(13)24-16)17(23)18(26)25-7-1-2-8-25/h4,6,10-11,17,24H,1-3,5,7-9,23H2/t11?,17-/m0/s1. The van der Waals surface area contributed by atoms with Gasteiger partial charge in [-0.25, -0.2) is 0 Å². The van der Waals surface area contributed by atoms with E-state index in [0.29, 0.717) is 23.7 Å². The van der Waals surface area contributed by atoms with E-state index < -0.39 is 17.8 Å². The monoisotopic (exact) mass is 365 g/mol. The maximum Gasteiger partial charge on any atom is 0.416 e. The van der Waals surface area contributed by atoms with Gasteiger partial charge in [0.15, 0.2) is 0 Å². The number of fused-ring (bicyclic) bond motifs is 3. The molecule has 26 heavy (non-hydrogen) atoms. The predicted octanol–water partition coefficient (Wildman–Crippen LogP) is 3.24. The first-order chi connectivity index (χ1) is 12.3. The zero-order valence-corrected chi connectivity index (χ0v) is 14.4. The molecule has 140 valence electrons. The van der Waals surface area contributed by atoms with Gasteiger partial charge in [-0.2, -0.15) is 13.2 Å². The normalized spacial score (nSPS) is 21.8. The molecule has 0 radical (unpaired) electrons. The maximum atomic E-state index is 13.1. The van der Waals surface area contributed by atoms with Crippen LogP contribution in [0.15, 0.2) is 18.2 Å². The summed E-state index contributed by atoms with van der Waals surface area (Å²) in [6.07, 6.45) is -0.332. The zero-order valence-electron chi connectivity index (χ0n) is 14.4. The minimum Gasteiger partial charge on any atom is -0.358 e. The Morgan fingerprint density at radius 1 is 1.27 bits per heavy atom. The zero-order chi connectivity index (χ0) is 18.5. The van der Waals surface area contributed by atoms with Gasteiger partial charge in [0.1, 0.15) is 0 Å². The second-order valence-corrected chi connectivity index (χ2v) is 7.40. The second-order valence-electron chi connectivity index (χ2n) is 7.40. The van der Waals surface area contributed by atoms with Crippen LogP contribution in [-0.4, -0.2) is 34.9 Å². The van der Waals surface area contributed by atoms with Crippen molar-refractivity contribution < 1.29 is 18.0 Å². The number of H-pyrrole nitrogens is 1. The molecule has 2 aromatic rings. The molecular formula is C19H22F3N3O. The van der Waals surface area contributed by atoms with E-state index in [-0.39, 0.29) is 11.8 Å². The third-order valence-electron chi connectivity index (χ3n) is 5.76. The number of halogens is 3. The summed E-state index contributed by atoms with van der Waals surface area (Å²) in [4.78, 5) is 17.6. The fraction of sp³-hybridized carbons (Fsp3) is 0.526. The van der Waals surface area contributed by atoms with Crippen molar-refractivity contribution in [3.63, 3.8) is 0 Å². The molecule has 0 bridgehead atoms. The molecule has 1 fully saturated rings. The fourth-order valence-electron chi connectivity index (χ4n) is 4.28. The fourth-order valence-corrected chi connectivity index (χ4v) is 4.28. The Labute approximate surface area is 149 Å². The molecule has 0 saturated carbocycles. The third-order valence-corrected chi connectivity index (χ3v) is 5.76. The number of amides is 1. The number of hydrogen-bond acceptors (Lipinski definition) is 2. The minimum atomic E-state index is -4.37. The topological polar surface area (TPSA) is 62.1 Å². The van der Waals surface area contributed by atoms with Crippen LogP contribution in [0.1, 0.15) is 36.1 Å². The summed E-state index contributed by atoms with van der Waals surface area (Å²) in [7, 11) is 0. The van der Waals surface area contributed by atoms with Crippen molar-refractivity contribution in [1.29, 1.82) is 0 Å². The largest absolute Gasteiger partial charge is 0.416 e. The molecule has 1 aliphatic carbocycles. The van der Waals surface area contributed by atoms with Gasteiger partial charge in [0.25, 0.3) is 0 Å². The number of nitrogens with zero attached hydrogens (tertiary/aromatic N) is 1. The molecule has 1 amide bonds. The van der Waals surface area contributed by atoms with Crippen molar-refractivity contribution in [3.8, 4) is 0 Å². The molecule has 2 heterocycles. The molecule has 4 rings (SSSR count). The number of hydrogen-bond donors (Lipinski definition) is 2. The van der Waals surface area contributed by atoms with Gasteiger partial charge in [0.2, 0.25) is 5.91 Å². The minimum absolute atomic E-state index is 0.0215. The highest BCUT2D eigenvalue weighted by atomic mass is 19.4. The number of alkyl halides is 3. The number of carbonyl (C=O) groups is 1. The highest BCUT2D eigenvalue weighted by Gasteiger charge is 2.35. The van der Waals surface area contributed by atoms with Gasteiger partial charge in [-0.3, -0.25) is 4.79 Å². The van der Waals surface area contributed by atoms with Crippen LogP contribution in [0.3, 0.4) is 0 Å². The first-order valence-electron chi connectivity index (χ1n) is 9.09. The number of aromatic nitrogens is 1. The predicted molar refractivity (Wildman–Crippen MR) is 92.6 cm³/mol. The molecule has 1 unspecified atom stereocenters. The number of aromatic amines is 1. The van der Waals surface area contributed by atoms with Crippen LogP contribution in [0.5, 0.6) is 0 Å². The lowest BCUT2D eigenvalue weighted by Crippen LogP contribution is -2.48. The number of likely N-dealkylation sites (tertiary alicyclic amines) is 1. The summed E-state index contributed by atoms with van der Waals surface area (Å²) in [5.74, 6) is -0.0593. The summed E-state index contributed by atoms with van der Waals surface area (Å²) < 4.78 is 39.2. The van der Waals surface area contributed by atoms with Crippen LogP contribution in [0.25, 0.3) is 10.9 Å². The summed E-state index contributed by atoms with van der Waals surface area (Å²) in [6, 6.07) is 3.21. The summed E-state index contributed by atoms with van der Waals surface area (Å²) in [6.45, 7) is 1.51. The lowest BCUT2D eigenvalue weighted by atomic mass is 9.81. The van der Waals surface area contributed by atoms with Gasteiger partial charge in [0, 0.05) is 29.7 Å². The van der Waals surface area contributed by atoms with Crippen molar-refractivity contribution >= 4 is 16.8 Å². The molecular weight excluding hydrogens is 343 g/mol. The lowest BCUT2D eigenvalue weighted by molar-refractivity contribution is -0.137. The number of nitrogens with two attached hydrogens (primary N) is 1. The summed E-state index contributed by atoms with van der Waals surface area (Å²) in [5, 5.41) is 0.598. The Kier molecular flexibility index (Phi) is 4.22. The molecule has 3 N–H and O–H groups in total. The number of aryl methyl sites for hydroxylation is 1. The van der Waals surface area contributed by atoms with Crippen molar-refractivity contribution in [3.05, 3.63) is 35.0 Å². The SMILES string of the molecule is N[C@H](C(=O)N1CCCC1)C1CCc2[nH]c3ccc(C(F)(F)F)cc3c2C1. The summed E-state index contributed by atoms with van der Waals surface area (Å²) in [5.41, 5.74) is 8.17. The quantitative estimate of drug-likeness (QED) is 0.858. The molecule has 1 aromatic heterocycles. The van der Waals surface area contributed by atoms with E-state index in [9.17, 15) is 18.0 Å². The number of benzene rings is 1. The Morgan fingerprint density at radius 3 is 2.69 bits per heavy atom. The molecule has 4 nitrogen and oxygen atoms in total. The molecule has 2 atom stereocenters. The van der Waals surface area contributed by atoms with Crippen molar-refractivity contribution in [2.24, 2.45) is 11.7 Å². The maximum absolute atomic E-state index is 13.1. The van der Waals surface area contributed by atoms with Gasteiger partial charge < -0.3 is 15.6 Å². The number of nitrogens with one attached hydrogen (secondary N) is 1. The number of carbonyl (C=O) groups excluding carboxylic acids is 1. The van der Waals surface area contributed by atoms with Gasteiger partial charge >= 0.3 is 6.18 Å². The average molecular weight is 365 g/mol. The van der Waals surface area contributed by atoms with E-state index in [0.717, 1.165) is 49.7 Å². The van der Waals surface area contributed by atoms with Crippen LogP contribution >= 0.6 is 0 Å². The van der Waals surface area contributed by atoms with Crippen LogP contribution in [-0.2, 0) is 23.8 Å². The van der Waals surface area contributed by atoms with Gasteiger partial charge in [-0.15, -0.1) is 0 Å². The highest BCUT2D eigenvalue weighted by molar-refractivity contribution is 5.86. The second kappa shape index (κ2) is 6.30. The molecule has 7 heteroatoms. The lowest BCUT2D eigenvalue weighted by Gasteiger charge is -2.30. The summed E-state index contributed by atoms with van der Waals surface area (Å²) >= 11 is 0. The van der Waals surface area contributed by atoms with Crippen LogP contribution in [0, 0.1) is 5.92 Å². The third kappa shape index (κ3) is 2.98.